The zero-order valence-corrected chi connectivity index (χ0v) is 17.3. The average Bonchev–Trinajstić information content (AvgIpc) is 3.28. The second-order valence-corrected chi connectivity index (χ2v) is 10.5. The Morgan fingerprint density at radius 1 is 0.964 bits per heavy atom. The number of ketones is 1. The fourth-order valence-corrected chi connectivity index (χ4v) is 5.38. The summed E-state index contributed by atoms with van der Waals surface area (Å²) < 4.78 is 27.5. The molecule has 2 atom stereocenters. The van der Waals surface area contributed by atoms with Crippen LogP contribution in [0, 0.1) is 0 Å². The Morgan fingerprint density at radius 2 is 1.68 bits per heavy atom. The lowest BCUT2D eigenvalue weighted by Crippen LogP contribution is -2.40. The van der Waals surface area contributed by atoms with Crippen LogP contribution >= 0.6 is 0 Å². The SMILES string of the molecule is CC(C)S(=O)(=O)N[C@@H]1CCC[C@@H]1c1ccc(-c2ccc3c(c2)CCC3=O)cc1. The van der Waals surface area contributed by atoms with Gasteiger partial charge in [-0.1, -0.05) is 48.9 Å². The monoisotopic (exact) mass is 397 g/mol. The summed E-state index contributed by atoms with van der Waals surface area (Å²) >= 11 is 0. The number of hydrogen-bond donors (Lipinski definition) is 1. The van der Waals surface area contributed by atoms with Crippen LogP contribution in [0.1, 0.15) is 66.9 Å². The van der Waals surface area contributed by atoms with Gasteiger partial charge in [-0.25, -0.2) is 13.1 Å². The number of rotatable bonds is 5. The molecule has 28 heavy (non-hydrogen) atoms. The van der Waals surface area contributed by atoms with E-state index in [0.29, 0.717) is 6.42 Å². The molecular weight excluding hydrogens is 370 g/mol. The van der Waals surface area contributed by atoms with Crippen LogP contribution in [0.3, 0.4) is 0 Å². The van der Waals surface area contributed by atoms with Crippen LogP contribution in [-0.4, -0.2) is 25.5 Å². The third kappa shape index (κ3) is 3.65. The van der Waals surface area contributed by atoms with Crippen molar-refractivity contribution < 1.29 is 13.2 Å². The lowest BCUT2D eigenvalue weighted by molar-refractivity contribution is 0.0994. The largest absolute Gasteiger partial charge is 0.294 e. The van der Waals surface area contributed by atoms with Crippen LogP contribution in [0.2, 0.25) is 0 Å². The zero-order chi connectivity index (χ0) is 19.9. The third-order valence-electron chi connectivity index (χ3n) is 6.15. The molecule has 2 aromatic carbocycles. The molecule has 0 saturated heterocycles. The van der Waals surface area contributed by atoms with Gasteiger partial charge in [0.1, 0.15) is 0 Å². The van der Waals surface area contributed by atoms with Gasteiger partial charge in [0.25, 0.3) is 0 Å². The highest BCUT2D eigenvalue weighted by Gasteiger charge is 2.32. The summed E-state index contributed by atoms with van der Waals surface area (Å²) in [6.07, 6.45) is 4.38. The molecule has 2 aromatic rings. The first-order chi connectivity index (χ1) is 13.3. The van der Waals surface area contributed by atoms with E-state index >= 15 is 0 Å². The second-order valence-electron chi connectivity index (χ2n) is 8.27. The van der Waals surface area contributed by atoms with Gasteiger partial charge in [-0.2, -0.15) is 0 Å². The van der Waals surface area contributed by atoms with Crippen LogP contribution in [0.5, 0.6) is 0 Å². The van der Waals surface area contributed by atoms with Gasteiger partial charge in [0.05, 0.1) is 5.25 Å². The molecule has 0 unspecified atom stereocenters. The van der Waals surface area contributed by atoms with Gasteiger partial charge in [0.15, 0.2) is 5.78 Å². The number of sulfonamides is 1. The van der Waals surface area contributed by atoms with E-state index < -0.39 is 15.3 Å². The number of benzene rings is 2. The number of carbonyl (C=O) groups is 1. The molecule has 2 aliphatic carbocycles. The van der Waals surface area contributed by atoms with Gasteiger partial charge >= 0.3 is 0 Å². The minimum Gasteiger partial charge on any atom is -0.294 e. The molecule has 0 radical (unpaired) electrons. The van der Waals surface area contributed by atoms with E-state index in [9.17, 15) is 13.2 Å². The number of carbonyl (C=O) groups excluding carboxylic acids is 1. The fourth-order valence-electron chi connectivity index (χ4n) is 4.40. The molecule has 0 aromatic heterocycles. The van der Waals surface area contributed by atoms with Crippen molar-refractivity contribution in [1.29, 1.82) is 0 Å². The van der Waals surface area contributed by atoms with Gasteiger partial charge in [-0.05, 0) is 55.4 Å². The van der Waals surface area contributed by atoms with Crippen molar-refractivity contribution in [2.75, 3.05) is 0 Å². The Hall–Kier alpha value is -1.98. The van der Waals surface area contributed by atoms with Crippen molar-refractivity contribution >= 4 is 15.8 Å². The molecule has 2 aliphatic rings. The fraction of sp³-hybridized carbons (Fsp3) is 0.435. The maximum absolute atomic E-state index is 12.3. The lowest BCUT2D eigenvalue weighted by Gasteiger charge is -2.23. The highest BCUT2D eigenvalue weighted by Crippen LogP contribution is 2.36. The molecule has 1 N–H and O–H groups in total. The molecule has 0 amide bonds. The Labute approximate surface area is 167 Å². The van der Waals surface area contributed by atoms with E-state index in [2.05, 4.69) is 35.1 Å². The summed E-state index contributed by atoms with van der Waals surface area (Å²) in [6, 6.07) is 14.5. The van der Waals surface area contributed by atoms with E-state index in [1.807, 2.05) is 12.1 Å². The van der Waals surface area contributed by atoms with Crippen molar-refractivity contribution in [3.05, 3.63) is 59.2 Å². The van der Waals surface area contributed by atoms with Gasteiger partial charge < -0.3 is 0 Å². The Morgan fingerprint density at radius 3 is 2.39 bits per heavy atom. The van der Waals surface area contributed by atoms with Crippen LogP contribution in [0.15, 0.2) is 42.5 Å². The molecule has 1 fully saturated rings. The molecule has 0 heterocycles. The Bertz CT molecular complexity index is 993. The molecule has 5 heteroatoms. The number of Topliss-reactive ketones (excluding diaryl/α,β-unsaturated/α-hetero) is 1. The zero-order valence-electron chi connectivity index (χ0n) is 16.4. The van der Waals surface area contributed by atoms with Crippen molar-refractivity contribution in [3.8, 4) is 11.1 Å². The summed E-state index contributed by atoms with van der Waals surface area (Å²) in [7, 11) is -3.26. The van der Waals surface area contributed by atoms with Crippen molar-refractivity contribution in [1.82, 2.24) is 4.72 Å². The van der Waals surface area contributed by atoms with Crippen molar-refractivity contribution in [3.63, 3.8) is 0 Å². The first-order valence-electron chi connectivity index (χ1n) is 10.1. The predicted octanol–water partition coefficient (Wildman–Crippen LogP) is 4.45. The first-order valence-corrected chi connectivity index (χ1v) is 11.7. The molecule has 4 rings (SSSR count). The van der Waals surface area contributed by atoms with Gasteiger partial charge in [0.2, 0.25) is 10.0 Å². The van der Waals surface area contributed by atoms with Crippen LogP contribution in [0.4, 0.5) is 0 Å². The van der Waals surface area contributed by atoms with E-state index in [1.54, 1.807) is 13.8 Å². The quantitative estimate of drug-likeness (QED) is 0.811. The number of hydrogen-bond acceptors (Lipinski definition) is 3. The second kappa shape index (κ2) is 7.45. The summed E-state index contributed by atoms with van der Waals surface area (Å²) in [4.78, 5) is 11.8. The summed E-state index contributed by atoms with van der Waals surface area (Å²) in [5.74, 6) is 0.466. The molecule has 0 bridgehead atoms. The minimum atomic E-state index is -3.26. The third-order valence-corrected chi connectivity index (χ3v) is 8.02. The van der Waals surface area contributed by atoms with E-state index in [-0.39, 0.29) is 17.7 Å². The number of fused-ring (bicyclic) bond motifs is 1. The topological polar surface area (TPSA) is 63.2 Å². The maximum atomic E-state index is 12.3. The number of aryl methyl sites for hydroxylation is 1. The summed E-state index contributed by atoms with van der Waals surface area (Å²) in [5.41, 5.74) is 5.46. The highest BCUT2D eigenvalue weighted by molar-refractivity contribution is 7.90. The van der Waals surface area contributed by atoms with Crippen LogP contribution in [0.25, 0.3) is 11.1 Å². The molecule has 4 nitrogen and oxygen atoms in total. The normalized spacial score (nSPS) is 22.0. The lowest BCUT2D eigenvalue weighted by atomic mass is 9.92. The average molecular weight is 398 g/mol. The molecule has 0 aliphatic heterocycles. The van der Waals surface area contributed by atoms with Crippen LogP contribution < -0.4 is 4.72 Å². The van der Waals surface area contributed by atoms with E-state index in [4.69, 9.17) is 0 Å². The summed E-state index contributed by atoms with van der Waals surface area (Å²) in [5, 5.41) is -0.414. The molecule has 0 spiro atoms. The molecule has 1 saturated carbocycles. The minimum absolute atomic E-state index is 0.0238. The van der Waals surface area contributed by atoms with Crippen LogP contribution in [-0.2, 0) is 16.4 Å². The maximum Gasteiger partial charge on any atom is 0.214 e. The van der Waals surface area contributed by atoms with Crippen molar-refractivity contribution in [2.45, 2.75) is 63.2 Å². The predicted molar refractivity (Wildman–Crippen MR) is 112 cm³/mol. The Balaban J connectivity index is 1.54. The van der Waals surface area contributed by atoms with Gasteiger partial charge in [-0.3, -0.25) is 4.79 Å². The molecule has 148 valence electrons. The Kier molecular flexibility index (Phi) is 5.15. The number of nitrogens with one attached hydrogen (secondary N) is 1. The van der Waals surface area contributed by atoms with E-state index in [0.717, 1.165) is 47.9 Å². The highest BCUT2D eigenvalue weighted by atomic mass is 32.2. The summed E-state index contributed by atoms with van der Waals surface area (Å²) in [6.45, 7) is 3.43. The van der Waals surface area contributed by atoms with Gasteiger partial charge in [0, 0.05) is 23.9 Å². The van der Waals surface area contributed by atoms with Crippen molar-refractivity contribution in [2.24, 2.45) is 0 Å². The van der Waals surface area contributed by atoms with Gasteiger partial charge in [-0.15, -0.1) is 0 Å². The smallest absolute Gasteiger partial charge is 0.214 e. The van der Waals surface area contributed by atoms with E-state index in [1.165, 1.54) is 5.56 Å². The molecular formula is C23H27NO3S. The standard InChI is InChI=1S/C23H27NO3S/c1-15(2)28(26,27)24-22-5-3-4-20(22)17-8-6-16(7-9-17)18-10-12-21-19(14-18)11-13-23(21)25/h6-10,12,14-15,20,22,24H,3-5,11,13H2,1-2H3/t20-,22-/m1/s1. The first kappa shape index (κ1) is 19.3.